The van der Waals surface area contributed by atoms with E-state index in [0.717, 1.165) is 36.8 Å². The van der Waals surface area contributed by atoms with Gasteiger partial charge in [0.15, 0.2) is 0 Å². The van der Waals surface area contributed by atoms with Gasteiger partial charge in [-0.15, -0.1) is 0 Å². The zero-order chi connectivity index (χ0) is 12.0. The van der Waals surface area contributed by atoms with Gasteiger partial charge in [0, 0.05) is 6.54 Å². The van der Waals surface area contributed by atoms with Gasteiger partial charge in [0.1, 0.15) is 11.6 Å². The molecule has 1 heterocycles. The molecule has 0 aliphatic heterocycles. The average Bonchev–Trinajstić information content (AvgIpc) is 2.26. The summed E-state index contributed by atoms with van der Waals surface area (Å²) in [6.07, 6.45) is 4.23. The molecular weight excluding hydrogens is 333 g/mol. The van der Waals surface area contributed by atoms with Gasteiger partial charge in [-0.05, 0) is 42.2 Å². The standard InChI is InChI=1S/C11H18IN3S/c1-4-6-8-10(12)11(13-5-2)15-9(14-8)7-16-3/h4-7H2,1-3H3,(H,13,14,15). The van der Waals surface area contributed by atoms with Gasteiger partial charge >= 0.3 is 0 Å². The Morgan fingerprint density at radius 1 is 1.31 bits per heavy atom. The van der Waals surface area contributed by atoms with Crippen molar-refractivity contribution in [2.45, 2.75) is 32.4 Å². The second-order valence-corrected chi connectivity index (χ2v) is 5.41. The third-order valence-electron chi connectivity index (χ3n) is 2.07. The minimum atomic E-state index is 0.881. The average molecular weight is 351 g/mol. The summed E-state index contributed by atoms with van der Waals surface area (Å²) in [6.45, 7) is 5.17. The van der Waals surface area contributed by atoms with Crippen molar-refractivity contribution in [1.29, 1.82) is 0 Å². The largest absolute Gasteiger partial charge is 0.369 e. The predicted octanol–water partition coefficient (Wildman–Crippen LogP) is 3.33. The Labute approximate surface area is 115 Å². The molecule has 0 aliphatic rings. The van der Waals surface area contributed by atoms with E-state index in [-0.39, 0.29) is 0 Å². The molecule has 0 spiro atoms. The molecule has 0 bridgehead atoms. The van der Waals surface area contributed by atoms with Crippen LogP contribution in [0.5, 0.6) is 0 Å². The first kappa shape index (κ1) is 14.0. The third kappa shape index (κ3) is 3.76. The molecule has 0 aliphatic carbocycles. The van der Waals surface area contributed by atoms with Crippen molar-refractivity contribution in [3.63, 3.8) is 0 Å². The van der Waals surface area contributed by atoms with Crippen molar-refractivity contribution in [2.24, 2.45) is 0 Å². The Balaban J connectivity index is 3.05. The Bertz CT molecular complexity index is 317. The van der Waals surface area contributed by atoms with E-state index in [1.807, 2.05) is 0 Å². The second kappa shape index (κ2) is 7.32. The van der Waals surface area contributed by atoms with Crippen molar-refractivity contribution >= 4 is 40.2 Å². The molecule has 0 fully saturated rings. The predicted molar refractivity (Wildman–Crippen MR) is 80.1 cm³/mol. The maximum absolute atomic E-state index is 4.62. The van der Waals surface area contributed by atoms with E-state index >= 15 is 0 Å². The van der Waals surface area contributed by atoms with Gasteiger partial charge in [-0.3, -0.25) is 0 Å². The summed E-state index contributed by atoms with van der Waals surface area (Å²) in [7, 11) is 0. The summed E-state index contributed by atoms with van der Waals surface area (Å²) < 4.78 is 1.17. The van der Waals surface area contributed by atoms with Gasteiger partial charge in [-0.25, -0.2) is 9.97 Å². The van der Waals surface area contributed by atoms with Crippen LogP contribution >= 0.6 is 34.4 Å². The van der Waals surface area contributed by atoms with Crippen LogP contribution in [0.1, 0.15) is 31.8 Å². The lowest BCUT2D eigenvalue weighted by Crippen LogP contribution is -2.09. The molecule has 90 valence electrons. The first-order valence-electron chi connectivity index (χ1n) is 5.51. The molecule has 0 unspecified atom stereocenters. The fraction of sp³-hybridized carbons (Fsp3) is 0.636. The van der Waals surface area contributed by atoms with E-state index < -0.39 is 0 Å². The minimum Gasteiger partial charge on any atom is -0.369 e. The normalized spacial score (nSPS) is 10.5. The molecule has 5 heteroatoms. The molecule has 0 aromatic carbocycles. The zero-order valence-corrected chi connectivity index (χ0v) is 13.0. The molecule has 0 radical (unpaired) electrons. The van der Waals surface area contributed by atoms with Crippen molar-refractivity contribution in [3.8, 4) is 0 Å². The van der Waals surface area contributed by atoms with Gasteiger partial charge in [-0.2, -0.15) is 11.8 Å². The first-order chi connectivity index (χ1) is 7.72. The molecule has 3 nitrogen and oxygen atoms in total. The van der Waals surface area contributed by atoms with Gasteiger partial charge in [0.05, 0.1) is 15.0 Å². The lowest BCUT2D eigenvalue weighted by Gasteiger charge is -2.11. The van der Waals surface area contributed by atoms with Gasteiger partial charge in [0.2, 0.25) is 0 Å². The van der Waals surface area contributed by atoms with Crippen LogP contribution in [0.3, 0.4) is 0 Å². The van der Waals surface area contributed by atoms with E-state index in [0.29, 0.717) is 0 Å². The number of nitrogens with zero attached hydrogens (tertiary/aromatic N) is 2. The third-order valence-corrected chi connectivity index (χ3v) is 3.75. The molecule has 0 atom stereocenters. The minimum absolute atomic E-state index is 0.881. The maximum Gasteiger partial charge on any atom is 0.143 e. The van der Waals surface area contributed by atoms with Crippen LogP contribution in [0.15, 0.2) is 0 Å². The number of aromatic nitrogens is 2. The molecule has 0 saturated heterocycles. The van der Waals surface area contributed by atoms with E-state index in [9.17, 15) is 0 Å². The van der Waals surface area contributed by atoms with Crippen LogP contribution in [0.2, 0.25) is 0 Å². The quantitative estimate of drug-likeness (QED) is 0.798. The molecule has 16 heavy (non-hydrogen) atoms. The number of halogens is 1. The Hall–Kier alpha value is -0.0400. The monoisotopic (exact) mass is 351 g/mol. The number of hydrogen-bond acceptors (Lipinski definition) is 4. The Morgan fingerprint density at radius 2 is 2.06 bits per heavy atom. The highest BCUT2D eigenvalue weighted by molar-refractivity contribution is 14.1. The number of hydrogen-bond donors (Lipinski definition) is 1. The summed E-state index contributed by atoms with van der Waals surface area (Å²) in [5.74, 6) is 2.81. The summed E-state index contributed by atoms with van der Waals surface area (Å²) in [5, 5.41) is 3.31. The topological polar surface area (TPSA) is 37.8 Å². The van der Waals surface area contributed by atoms with Crippen molar-refractivity contribution in [3.05, 3.63) is 15.1 Å². The van der Waals surface area contributed by atoms with Crippen LogP contribution in [-0.2, 0) is 12.2 Å². The van der Waals surface area contributed by atoms with E-state index in [1.54, 1.807) is 11.8 Å². The first-order valence-corrected chi connectivity index (χ1v) is 7.98. The number of aryl methyl sites for hydroxylation is 1. The number of rotatable bonds is 6. The Kier molecular flexibility index (Phi) is 6.41. The molecule has 1 N–H and O–H groups in total. The zero-order valence-electron chi connectivity index (χ0n) is 10.0. The van der Waals surface area contributed by atoms with E-state index in [1.165, 1.54) is 9.26 Å². The summed E-state index contributed by atoms with van der Waals surface area (Å²) >= 11 is 4.10. The molecule has 1 aromatic rings. The highest BCUT2D eigenvalue weighted by Gasteiger charge is 2.10. The fourth-order valence-electron chi connectivity index (χ4n) is 1.43. The van der Waals surface area contributed by atoms with Crippen molar-refractivity contribution in [1.82, 2.24) is 9.97 Å². The second-order valence-electron chi connectivity index (χ2n) is 3.46. The summed E-state index contributed by atoms with van der Waals surface area (Å²) in [4.78, 5) is 9.16. The lowest BCUT2D eigenvalue weighted by atomic mass is 10.2. The van der Waals surface area contributed by atoms with Gasteiger partial charge in [-0.1, -0.05) is 13.3 Å². The van der Waals surface area contributed by atoms with Crippen molar-refractivity contribution in [2.75, 3.05) is 18.1 Å². The number of thioether (sulfide) groups is 1. The van der Waals surface area contributed by atoms with Gasteiger partial charge in [0.25, 0.3) is 0 Å². The van der Waals surface area contributed by atoms with E-state index in [4.69, 9.17) is 0 Å². The van der Waals surface area contributed by atoms with Crippen molar-refractivity contribution < 1.29 is 0 Å². The SMILES string of the molecule is CCCc1nc(CSC)nc(NCC)c1I. The van der Waals surface area contributed by atoms with E-state index in [2.05, 4.69) is 58.0 Å². The highest BCUT2D eigenvalue weighted by Crippen LogP contribution is 2.21. The fourth-order valence-corrected chi connectivity index (χ4v) is 2.51. The molecule has 0 saturated carbocycles. The molecule has 1 rings (SSSR count). The lowest BCUT2D eigenvalue weighted by molar-refractivity contribution is 0.845. The van der Waals surface area contributed by atoms with Gasteiger partial charge < -0.3 is 5.32 Å². The summed E-state index contributed by atoms with van der Waals surface area (Å²) in [5.41, 5.74) is 1.18. The van der Waals surface area contributed by atoms with Crippen LogP contribution in [0.25, 0.3) is 0 Å². The maximum atomic E-state index is 4.62. The molecule has 0 amide bonds. The number of anilines is 1. The number of nitrogens with one attached hydrogen (secondary N) is 1. The highest BCUT2D eigenvalue weighted by atomic mass is 127. The molecular formula is C11H18IN3S. The Morgan fingerprint density at radius 3 is 2.62 bits per heavy atom. The smallest absolute Gasteiger partial charge is 0.143 e. The van der Waals surface area contributed by atoms with Crippen LogP contribution in [-0.4, -0.2) is 22.8 Å². The van der Waals surface area contributed by atoms with Crippen LogP contribution in [0, 0.1) is 3.57 Å². The van der Waals surface area contributed by atoms with Crippen LogP contribution in [0.4, 0.5) is 5.82 Å². The van der Waals surface area contributed by atoms with Crippen LogP contribution < -0.4 is 5.32 Å². The summed E-state index contributed by atoms with van der Waals surface area (Å²) in [6, 6.07) is 0. The molecule has 1 aromatic heterocycles.